The van der Waals surface area contributed by atoms with Gasteiger partial charge in [0.2, 0.25) is 0 Å². The molecule has 1 amide bonds. The zero-order chi connectivity index (χ0) is 17.6. The number of rotatable bonds is 3. The third-order valence-corrected chi connectivity index (χ3v) is 7.26. The van der Waals surface area contributed by atoms with Gasteiger partial charge in [-0.25, -0.2) is 0 Å². The highest BCUT2D eigenvalue weighted by molar-refractivity contribution is 8.26. The van der Waals surface area contributed by atoms with Gasteiger partial charge in [0.1, 0.15) is 9.84 Å². The van der Waals surface area contributed by atoms with Crippen LogP contribution in [0.5, 0.6) is 0 Å². The molecule has 0 unspecified atom stereocenters. The molecule has 9 heteroatoms. The highest BCUT2D eigenvalue weighted by Gasteiger charge is 2.31. The van der Waals surface area contributed by atoms with Crippen LogP contribution in [0.15, 0.2) is 39.1 Å². The van der Waals surface area contributed by atoms with Gasteiger partial charge < -0.3 is 4.90 Å². The Balaban J connectivity index is 1.69. The van der Waals surface area contributed by atoms with Crippen LogP contribution in [0.2, 0.25) is 0 Å². The van der Waals surface area contributed by atoms with Crippen LogP contribution in [0.1, 0.15) is 13.8 Å². The van der Waals surface area contributed by atoms with Gasteiger partial charge in [-0.15, -0.1) is 5.10 Å². The van der Waals surface area contributed by atoms with Crippen molar-refractivity contribution < 1.29 is 4.79 Å². The topological polar surface area (TPSA) is 49.3 Å². The van der Waals surface area contributed by atoms with Crippen LogP contribution in [-0.2, 0) is 4.79 Å². The van der Waals surface area contributed by atoms with Crippen LogP contribution in [0.25, 0.3) is 10.2 Å². The second-order valence-electron chi connectivity index (χ2n) is 5.33. The minimum atomic E-state index is -0.0102. The van der Waals surface area contributed by atoms with E-state index in [4.69, 9.17) is 12.2 Å². The maximum atomic E-state index is 12.3. The van der Waals surface area contributed by atoms with Crippen LogP contribution >= 0.6 is 47.3 Å². The van der Waals surface area contributed by atoms with E-state index in [1.165, 1.54) is 23.3 Å². The fourth-order valence-electron chi connectivity index (χ4n) is 2.79. The van der Waals surface area contributed by atoms with Gasteiger partial charge in [0.25, 0.3) is 5.91 Å². The average Bonchev–Trinajstić information content (AvgIpc) is 3.27. The third-order valence-electron chi connectivity index (χ3n) is 4.00. The average molecular weight is 407 g/mol. The number of nitrogens with zero attached hydrogens (tertiary/aromatic N) is 4. The molecule has 2 aromatic rings. The molecular weight excluding hydrogens is 392 g/mol. The van der Waals surface area contributed by atoms with Gasteiger partial charge in [-0.2, -0.15) is 0 Å². The van der Waals surface area contributed by atoms with Gasteiger partial charge in [0.05, 0.1) is 25.2 Å². The molecule has 2 aliphatic heterocycles. The Hall–Kier alpha value is -1.42. The van der Waals surface area contributed by atoms with Crippen molar-refractivity contribution in [2.45, 2.75) is 18.7 Å². The van der Waals surface area contributed by atoms with Gasteiger partial charge in [-0.1, -0.05) is 40.2 Å². The second kappa shape index (κ2) is 6.71. The first-order valence-corrected chi connectivity index (χ1v) is 10.6. The maximum Gasteiger partial charge on any atom is 0.266 e. The summed E-state index contributed by atoms with van der Waals surface area (Å²) in [6.07, 6.45) is 3.88. The summed E-state index contributed by atoms with van der Waals surface area (Å²) < 4.78 is 5.78. The first-order valence-electron chi connectivity index (χ1n) is 7.80. The van der Waals surface area contributed by atoms with Gasteiger partial charge in [-0.05, 0) is 49.7 Å². The molecule has 0 aliphatic carbocycles. The molecule has 1 aromatic heterocycles. The predicted octanol–water partition coefficient (Wildman–Crippen LogP) is 4.23. The molecule has 0 radical (unpaired) electrons. The second-order valence-corrected chi connectivity index (χ2v) is 8.83. The Bertz CT molecular complexity index is 949. The third kappa shape index (κ3) is 2.79. The standard InChI is InChI=1S/C16H14N4OS4/c1-3-19-9-5-6-10-13(17-18-25-10)14(9)24-12(19)8-7-11-15(21)20(4-2)16(22)23-11/h5-8H,3-4H2,1-2H3. The highest BCUT2D eigenvalue weighted by Crippen LogP contribution is 2.49. The molecule has 128 valence electrons. The SMILES string of the molecule is CCN1C(=O)C(=CC=C2Sc3c(ccc4snnc34)N2CC)SC1=S. The Kier molecular flexibility index (Phi) is 4.57. The number of allylic oxidation sites excluding steroid dienone is 2. The van der Waals surface area contributed by atoms with Crippen molar-refractivity contribution in [3.63, 3.8) is 0 Å². The van der Waals surface area contributed by atoms with Crippen molar-refractivity contribution in [3.05, 3.63) is 34.2 Å². The van der Waals surface area contributed by atoms with E-state index < -0.39 is 0 Å². The number of carbonyl (C=O) groups is 1. The number of thiocarbonyl (C=S) groups is 1. The quantitative estimate of drug-likeness (QED) is 0.558. The summed E-state index contributed by atoms with van der Waals surface area (Å²) in [5.41, 5.74) is 2.10. The predicted molar refractivity (Wildman–Crippen MR) is 110 cm³/mol. The van der Waals surface area contributed by atoms with Crippen LogP contribution < -0.4 is 4.90 Å². The van der Waals surface area contributed by atoms with E-state index in [2.05, 4.69) is 33.5 Å². The molecule has 1 aromatic carbocycles. The summed E-state index contributed by atoms with van der Waals surface area (Å²) in [6, 6.07) is 4.18. The number of carbonyl (C=O) groups excluding carboxylic acids is 1. The van der Waals surface area contributed by atoms with Crippen molar-refractivity contribution in [2.75, 3.05) is 18.0 Å². The van der Waals surface area contributed by atoms with Crippen LogP contribution in [-0.4, -0.2) is 37.8 Å². The molecule has 0 saturated carbocycles. The molecule has 3 heterocycles. The molecule has 1 saturated heterocycles. The Morgan fingerprint density at radius 2 is 1.96 bits per heavy atom. The number of hydrogen-bond donors (Lipinski definition) is 0. The Morgan fingerprint density at radius 1 is 1.16 bits per heavy atom. The molecule has 0 spiro atoms. The number of likely N-dealkylation sites (N-methyl/N-ethyl adjacent to an activating group) is 1. The molecule has 4 rings (SSSR count). The summed E-state index contributed by atoms with van der Waals surface area (Å²) in [6.45, 7) is 5.50. The normalized spacial score (nSPS) is 20.6. The van der Waals surface area contributed by atoms with Crippen molar-refractivity contribution in [2.24, 2.45) is 0 Å². The molecular formula is C16H14N4OS4. The summed E-state index contributed by atoms with van der Waals surface area (Å²) in [4.78, 5) is 18.0. The number of hydrogen-bond acceptors (Lipinski definition) is 8. The minimum Gasteiger partial charge on any atom is -0.335 e. The summed E-state index contributed by atoms with van der Waals surface area (Å²) in [5, 5.41) is 5.35. The molecule has 0 N–H and O–H groups in total. The number of fused-ring (bicyclic) bond motifs is 3. The largest absolute Gasteiger partial charge is 0.335 e. The molecule has 25 heavy (non-hydrogen) atoms. The number of thioether (sulfide) groups is 2. The van der Waals surface area contributed by atoms with E-state index in [1.54, 1.807) is 16.7 Å². The summed E-state index contributed by atoms with van der Waals surface area (Å²) in [5.74, 6) is -0.0102. The molecule has 5 nitrogen and oxygen atoms in total. The number of benzene rings is 1. The van der Waals surface area contributed by atoms with Crippen LogP contribution in [0.3, 0.4) is 0 Å². The van der Waals surface area contributed by atoms with Crippen molar-refractivity contribution in [3.8, 4) is 0 Å². The smallest absolute Gasteiger partial charge is 0.266 e. The van der Waals surface area contributed by atoms with E-state index in [0.717, 1.165) is 32.4 Å². The van der Waals surface area contributed by atoms with Gasteiger partial charge in [-0.3, -0.25) is 9.69 Å². The highest BCUT2D eigenvalue weighted by atomic mass is 32.2. The molecule has 1 fully saturated rings. The van der Waals surface area contributed by atoms with Crippen molar-refractivity contribution in [1.29, 1.82) is 0 Å². The zero-order valence-corrected chi connectivity index (χ0v) is 16.8. The Morgan fingerprint density at radius 3 is 2.68 bits per heavy atom. The molecule has 0 atom stereocenters. The molecule has 2 aliphatic rings. The lowest BCUT2D eigenvalue weighted by Gasteiger charge is -2.17. The molecule has 0 bridgehead atoms. The van der Waals surface area contributed by atoms with Crippen molar-refractivity contribution in [1.82, 2.24) is 14.5 Å². The number of amides is 1. The lowest BCUT2D eigenvalue weighted by molar-refractivity contribution is -0.122. The maximum absolute atomic E-state index is 12.3. The summed E-state index contributed by atoms with van der Waals surface area (Å²) in [7, 11) is 0. The first kappa shape index (κ1) is 17.0. The first-order chi connectivity index (χ1) is 12.1. The van der Waals surface area contributed by atoms with Gasteiger partial charge >= 0.3 is 0 Å². The van der Waals surface area contributed by atoms with E-state index >= 15 is 0 Å². The van der Waals surface area contributed by atoms with E-state index in [-0.39, 0.29) is 5.91 Å². The van der Waals surface area contributed by atoms with Gasteiger partial charge in [0.15, 0.2) is 0 Å². The van der Waals surface area contributed by atoms with Crippen molar-refractivity contribution >= 4 is 73.4 Å². The number of anilines is 1. The van der Waals surface area contributed by atoms with Crippen LogP contribution in [0.4, 0.5) is 5.69 Å². The zero-order valence-electron chi connectivity index (χ0n) is 13.6. The number of aromatic nitrogens is 2. The fraction of sp³-hybridized carbons (Fsp3) is 0.250. The minimum absolute atomic E-state index is 0.0102. The monoisotopic (exact) mass is 406 g/mol. The van der Waals surface area contributed by atoms with E-state index in [1.807, 2.05) is 19.1 Å². The van der Waals surface area contributed by atoms with Crippen LogP contribution in [0, 0.1) is 0 Å². The summed E-state index contributed by atoms with van der Waals surface area (Å²) >= 11 is 9.71. The lowest BCUT2D eigenvalue weighted by atomic mass is 10.2. The van der Waals surface area contributed by atoms with E-state index in [0.29, 0.717) is 15.8 Å². The lowest BCUT2D eigenvalue weighted by Crippen LogP contribution is -2.27. The van der Waals surface area contributed by atoms with E-state index in [9.17, 15) is 4.79 Å². The van der Waals surface area contributed by atoms with Gasteiger partial charge in [0, 0.05) is 13.1 Å². The fourth-order valence-corrected chi connectivity index (χ4v) is 5.96. The Labute approximate surface area is 163 Å².